The van der Waals surface area contributed by atoms with Crippen molar-refractivity contribution in [1.29, 1.82) is 0 Å². The van der Waals surface area contributed by atoms with Crippen LogP contribution in [0, 0.1) is 5.92 Å². The summed E-state index contributed by atoms with van der Waals surface area (Å²) in [5.41, 5.74) is 0.605. The van der Waals surface area contributed by atoms with Gasteiger partial charge in [-0.1, -0.05) is 30.3 Å². The lowest BCUT2D eigenvalue weighted by molar-refractivity contribution is 0.0548. The second kappa shape index (κ2) is 5.23. The van der Waals surface area contributed by atoms with E-state index in [9.17, 15) is 9.90 Å². The minimum Gasteiger partial charge on any atom is -0.385 e. The van der Waals surface area contributed by atoms with Gasteiger partial charge in [0.15, 0.2) is 5.78 Å². The summed E-state index contributed by atoms with van der Waals surface area (Å²) in [6, 6.07) is 9.03. The summed E-state index contributed by atoms with van der Waals surface area (Å²) in [5.74, 6) is -0.0403. The van der Waals surface area contributed by atoms with E-state index in [1.165, 1.54) is 0 Å². The summed E-state index contributed by atoms with van der Waals surface area (Å²) in [6.07, 6.45) is 0.906. The Morgan fingerprint density at radius 1 is 1.25 bits per heavy atom. The molecule has 0 bridgehead atoms. The first-order chi connectivity index (χ1) is 7.79. The Balaban J connectivity index is 2.04. The number of piperidine rings is 1. The third-order valence-electron chi connectivity index (χ3n) is 3.16. The Morgan fingerprint density at radius 2 is 1.88 bits per heavy atom. The monoisotopic (exact) mass is 219 g/mol. The van der Waals surface area contributed by atoms with Gasteiger partial charge in [-0.3, -0.25) is 4.79 Å². The Labute approximate surface area is 95.5 Å². The van der Waals surface area contributed by atoms with Gasteiger partial charge in [0.1, 0.15) is 6.10 Å². The molecule has 0 spiro atoms. The Hall–Kier alpha value is -1.19. The van der Waals surface area contributed by atoms with E-state index in [4.69, 9.17) is 0 Å². The minimum atomic E-state index is -0.843. The van der Waals surface area contributed by atoms with E-state index in [2.05, 4.69) is 5.32 Å². The van der Waals surface area contributed by atoms with Crippen molar-refractivity contribution in [3.63, 3.8) is 0 Å². The van der Waals surface area contributed by atoms with Crippen LogP contribution in [0.1, 0.15) is 23.2 Å². The van der Waals surface area contributed by atoms with Gasteiger partial charge >= 0.3 is 0 Å². The van der Waals surface area contributed by atoms with Gasteiger partial charge in [0.05, 0.1) is 0 Å². The number of aliphatic hydroxyl groups is 1. The Bertz CT molecular complexity index is 344. The summed E-state index contributed by atoms with van der Waals surface area (Å²) in [4.78, 5) is 12.0. The van der Waals surface area contributed by atoms with Gasteiger partial charge in [0.2, 0.25) is 0 Å². The fourth-order valence-corrected chi connectivity index (χ4v) is 2.15. The van der Waals surface area contributed by atoms with Gasteiger partial charge in [0.25, 0.3) is 0 Å². The normalized spacial score (nSPS) is 19.3. The molecule has 1 fully saturated rings. The maximum atomic E-state index is 12.0. The fourth-order valence-electron chi connectivity index (χ4n) is 2.15. The maximum absolute atomic E-state index is 12.0. The van der Waals surface area contributed by atoms with E-state index in [0.29, 0.717) is 5.56 Å². The second-order valence-electron chi connectivity index (χ2n) is 4.26. The maximum Gasteiger partial charge on any atom is 0.191 e. The zero-order valence-electron chi connectivity index (χ0n) is 9.23. The zero-order valence-corrected chi connectivity index (χ0v) is 9.23. The lowest BCUT2D eigenvalue weighted by atomic mass is 9.88. The molecule has 0 aromatic heterocycles. The van der Waals surface area contributed by atoms with Crippen molar-refractivity contribution in [2.75, 3.05) is 13.1 Å². The lowest BCUT2D eigenvalue weighted by Crippen LogP contribution is -2.38. The number of benzene rings is 1. The smallest absolute Gasteiger partial charge is 0.191 e. The van der Waals surface area contributed by atoms with Crippen molar-refractivity contribution in [2.24, 2.45) is 5.92 Å². The van der Waals surface area contributed by atoms with Crippen molar-refractivity contribution in [3.05, 3.63) is 35.9 Å². The first-order valence-electron chi connectivity index (χ1n) is 5.77. The summed E-state index contributed by atoms with van der Waals surface area (Å²) in [6.45, 7) is 1.79. The molecule has 1 aliphatic rings. The van der Waals surface area contributed by atoms with Crippen LogP contribution in [0.5, 0.6) is 0 Å². The van der Waals surface area contributed by atoms with E-state index in [1.807, 2.05) is 18.2 Å². The fraction of sp³-hybridized carbons (Fsp3) is 0.462. The molecule has 0 saturated carbocycles. The molecule has 3 heteroatoms. The number of carbonyl (C=O) groups excluding carboxylic acids is 1. The van der Waals surface area contributed by atoms with Crippen molar-refractivity contribution in [3.8, 4) is 0 Å². The third kappa shape index (κ3) is 2.49. The van der Waals surface area contributed by atoms with Gasteiger partial charge in [-0.2, -0.15) is 0 Å². The summed E-state index contributed by atoms with van der Waals surface area (Å²) in [5, 5.41) is 13.2. The average Bonchev–Trinajstić information content (AvgIpc) is 2.39. The van der Waals surface area contributed by atoms with Crippen LogP contribution < -0.4 is 5.32 Å². The third-order valence-corrected chi connectivity index (χ3v) is 3.16. The minimum absolute atomic E-state index is 0.106. The number of hydrogen-bond donors (Lipinski definition) is 2. The molecule has 1 saturated heterocycles. The Kier molecular flexibility index (Phi) is 3.70. The van der Waals surface area contributed by atoms with Crippen molar-refractivity contribution >= 4 is 5.78 Å². The van der Waals surface area contributed by atoms with Gasteiger partial charge < -0.3 is 10.4 Å². The molecular weight excluding hydrogens is 202 g/mol. The molecule has 3 nitrogen and oxygen atoms in total. The van der Waals surface area contributed by atoms with E-state index < -0.39 is 6.10 Å². The molecule has 0 aliphatic carbocycles. The highest BCUT2D eigenvalue weighted by atomic mass is 16.3. The predicted molar refractivity (Wildman–Crippen MR) is 62.4 cm³/mol. The Morgan fingerprint density at radius 3 is 2.50 bits per heavy atom. The molecular formula is C13H17NO2. The molecule has 1 aromatic rings. The van der Waals surface area contributed by atoms with Gasteiger partial charge in [-0.15, -0.1) is 0 Å². The number of rotatable bonds is 3. The topological polar surface area (TPSA) is 49.3 Å². The molecule has 16 heavy (non-hydrogen) atoms. The molecule has 2 N–H and O–H groups in total. The molecule has 2 rings (SSSR count). The van der Waals surface area contributed by atoms with Gasteiger partial charge in [0, 0.05) is 5.56 Å². The number of hydrogen-bond acceptors (Lipinski definition) is 3. The summed E-state index contributed by atoms with van der Waals surface area (Å²) in [7, 11) is 0. The van der Waals surface area contributed by atoms with Crippen LogP contribution >= 0.6 is 0 Å². The highest BCUT2D eigenvalue weighted by molar-refractivity contribution is 5.99. The second-order valence-corrected chi connectivity index (χ2v) is 4.26. The van der Waals surface area contributed by atoms with Gasteiger partial charge in [-0.05, 0) is 31.8 Å². The summed E-state index contributed by atoms with van der Waals surface area (Å²) < 4.78 is 0. The standard InChI is InChI=1S/C13H17NO2/c15-12(10-4-2-1-3-5-10)13(16)11-6-8-14-9-7-11/h1-5,11,13-14,16H,6-9H2. The molecule has 0 radical (unpaired) electrons. The number of nitrogens with one attached hydrogen (secondary N) is 1. The first kappa shape index (κ1) is 11.3. The quantitative estimate of drug-likeness (QED) is 0.752. The van der Waals surface area contributed by atoms with E-state index in [-0.39, 0.29) is 11.7 Å². The molecule has 1 heterocycles. The number of carbonyl (C=O) groups is 1. The number of aliphatic hydroxyl groups excluding tert-OH is 1. The summed E-state index contributed by atoms with van der Waals surface area (Å²) >= 11 is 0. The SMILES string of the molecule is O=C(c1ccccc1)C(O)C1CCNCC1. The van der Waals surface area contributed by atoms with E-state index in [1.54, 1.807) is 12.1 Å². The zero-order chi connectivity index (χ0) is 11.4. The average molecular weight is 219 g/mol. The van der Waals surface area contributed by atoms with E-state index >= 15 is 0 Å². The molecule has 1 unspecified atom stereocenters. The van der Waals surface area contributed by atoms with Crippen LogP contribution in [-0.4, -0.2) is 30.1 Å². The van der Waals surface area contributed by atoms with Gasteiger partial charge in [-0.25, -0.2) is 0 Å². The number of Topliss-reactive ketones (excluding diaryl/α,β-unsaturated/α-hetero) is 1. The van der Waals surface area contributed by atoms with Crippen molar-refractivity contribution in [2.45, 2.75) is 18.9 Å². The van der Waals surface area contributed by atoms with Crippen LogP contribution in [-0.2, 0) is 0 Å². The molecule has 1 aromatic carbocycles. The van der Waals surface area contributed by atoms with E-state index in [0.717, 1.165) is 25.9 Å². The van der Waals surface area contributed by atoms with Crippen molar-refractivity contribution < 1.29 is 9.90 Å². The van der Waals surface area contributed by atoms with Crippen LogP contribution in [0.3, 0.4) is 0 Å². The lowest BCUT2D eigenvalue weighted by Gasteiger charge is -2.26. The highest BCUT2D eigenvalue weighted by Gasteiger charge is 2.27. The van der Waals surface area contributed by atoms with Crippen LogP contribution in [0.15, 0.2) is 30.3 Å². The highest BCUT2D eigenvalue weighted by Crippen LogP contribution is 2.19. The predicted octanol–water partition coefficient (Wildman–Crippen LogP) is 1.23. The molecule has 0 amide bonds. The molecule has 1 aliphatic heterocycles. The first-order valence-corrected chi connectivity index (χ1v) is 5.77. The van der Waals surface area contributed by atoms with Crippen LogP contribution in [0.2, 0.25) is 0 Å². The van der Waals surface area contributed by atoms with Crippen LogP contribution in [0.25, 0.3) is 0 Å². The number of ketones is 1. The van der Waals surface area contributed by atoms with Crippen LogP contribution in [0.4, 0.5) is 0 Å². The molecule has 1 atom stereocenters. The largest absolute Gasteiger partial charge is 0.385 e. The molecule has 86 valence electrons. The van der Waals surface area contributed by atoms with Crippen molar-refractivity contribution in [1.82, 2.24) is 5.32 Å².